The largest absolute Gasteiger partial charge is 0.314 e. The number of hydrogen-bond donors (Lipinski definition) is 1. The highest BCUT2D eigenvalue weighted by Crippen LogP contribution is 2.11. The molecule has 1 aromatic rings. The molecule has 1 unspecified atom stereocenters. The molecule has 0 aliphatic carbocycles. The lowest BCUT2D eigenvalue weighted by Crippen LogP contribution is -2.30. The Bertz CT molecular complexity index is 332. The molecule has 0 aromatic carbocycles. The molecule has 1 rings (SSSR count). The standard InChI is InChI=1S/C16H26N2/c1-4-11-18-16(7-5-14(2)3)8-6-15-9-12-17-13-10-15/h9-10,12-13,16,18H,2,4-8,11H2,1,3H3. The molecule has 0 fully saturated rings. The van der Waals surface area contributed by atoms with E-state index in [4.69, 9.17) is 0 Å². The lowest BCUT2D eigenvalue weighted by molar-refractivity contribution is 0.452. The summed E-state index contributed by atoms with van der Waals surface area (Å²) >= 11 is 0. The smallest absolute Gasteiger partial charge is 0.0270 e. The van der Waals surface area contributed by atoms with Gasteiger partial charge in [0, 0.05) is 18.4 Å². The fraction of sp³-hybridized carbons (Fsp3) is 0.562. The molecule has 0 amide bonds. The highest BCUT2D eigenvalue weighted by atomic mass is 14.9. The zero-order chi connectivity index (χ0) is 13.2. The van der Waals surface area contributed by atoms with E-state index in [1.807, 2.05) is 12.4 Å². The van der Waals surface area contributed by atoms with Crippen molar-refractivity contribution in [2.45, 2.75) is 52.0 Å². The highest BCUT2D eigenvalue weighted by Gasteiger charge is 2.07. The molecule has 1 heterocycles. The second-order valence-corrected chi connectivity index (χ2v) is 5.04. The van der Waals surface area contributed by atoms with E-state index in [1.165, 1.54) is 30.4 Å². The molecule has 0 aliphatic heterocycles. The number of allylic oxidation sites excluding steroid dienone is 1. The number of pyridine rings is 1. The Hall–Kier alpha value is -1.15. The zero-order valence-corrected chi connectivity index (χ0v) is 11.8. The summed E-state index contributed by atoms with van der Waals surface area (Å²) < 4.78 is 0. The van der Waals surface area contributed by atoms with Crippen molar-refractivity contribution in [3.63, 3.8) is 0 Å². The summed E-state index contributed by atoms with van der Waals surface area (Å²) in [4.78, 5) is 4.05. The van der Waals surface area contributed by atoms with Crippen molar-refractivity contribution in [2.24, 2.45) is 0 Å². The van der Waals surface area contributed by atoms with E-state index in [0.717, 1.165) is 19.4 Å². The third-order valence-electron chi connectivity index (χ3n) is 3.13. The summed E-state index contributed by atoms with van der Waals surface area (Å²) in [5.74, 6) is 0. The third kappa shape index (κ3) is 6.55. The van der Waals surface area contributed by atoms with Crippen molar-refractivity contribution in [3.8, 4) is 0 Å². The monoisotopic (exact) mass is 246 g/mol. The Labute approximate surface area is 112 Å². The molecule has 0 radical (unpaired) electrons. The summed E-state index contributed by atoms with van der Waals surface area (Å²) in [5, 5.41) is 3.64. The number of rotatable bonds is 9. The fourth-order valence-corrected chi connectivity index (χ4v) is 2.01. The minimum absolute atomic E-state index is 0.606. The van der Waals surface area contributed by atoms with E-state index in [9.17, 15) is 0 Å². The lowest BCUT2D eigenvalue weighted by Gasteiger charge is -2.18. The molecule has 0 saturated heterocycles. The van der Waals surface area contributed by atoms with Gasteiger partial charge in [0.05, 0.1) is 0 Å². The maximum Gasteiger partial charge on any atom is 0.0270 e. The highest BCUT2D eigenvalue weighted by molar-refractivity contribution is 5.09. The van der Waals surface area contributed by atoms with Gasteiger partial charge in [0.2, 0.25) is 0 Å². The van der Waals surface area contributed by atoms with Crippen LogP contribution < -0.4 is 5.32 Å². The van der Waals surface area contributed by atoms with E-state index in [1.54, 1.807) is 0 Å². The molecule has 0 bridgehead atoms. The first-order valence-electron chi connectivity index (χ1n) is 6.99. The summed E-state index contributed by atoms with van der Waals surface area (Å²) in [5.41, 5.74) is 2.66. The van der Waals surface area contributed by atoms with Gasteiger partial charge in [0.25, 0.3) is 0 Å². The average molecular weight is 246 g/mol. The van der Waals surface area contributed by atoms with Crippen LogP contribution in [0.15, 0.2) is 36.7 Å². The Morgan fingerprint density at radius 3 is 2.67 bits per heavy atom. The number of hydrogen-bond acceptors (Lipinski definition) is 2. The molecule has 0 saturated carbocycles. The summed E-state index contributed by atoms with van der Waals surface area (Å²) in [6.45, 7) is 9.42. The van der Waals surface area contributed by atoms with Gasteiger partial charge < -0.3 is 5.32 Å². The topological polar surface area (TPSA) is 24.9 Å². The van der Waals surface area contributed by atoms with Crippen molar-refractivity contribution in [1.29, 1.82) is 0 Å². The van der Waals surface area contributed by atoms with Crippen LogP contribution in [0.2, 0.25) is 0 Å². The molecule has 1 atom stereocenters. The van der Waals surface area contributed by atoms with Gasteiger partial charge in [-0.3, -0.25) is 4.98 Å². The summed E-state index contributed by atoms with van der Waals surface area (Å²) in [6, 6.07) is 4.82. The van der Waals surface area contributed by atoms with Crippen molar-refractivity contribution < 1.29 is 0 Å². The average Bonchev–Trinajstić information content (AvgIpc) is 2.39. The minimum Gasteiger partial charge on any atom is -0.314 e. The normalized spacial score (nSPS) is 12.3. The van der Waals surface area contributed by atoms with Gasteiger partial charge in [-0.25, -0.2) is 0 Å². The summed E-state index contributed by atoms with van der Waals surface area (Å²) in [6.07, 6.45) is 9.57. The first-order chi connectivity index (χ1) is 8.72. The molecular formula is C16H26N2. The van der Waals surface area contributed by atoms with Crippen LogP contribution in [-0.4, -0.2) is 17.6 Å². The van der Waals surface area contributed by atoms with Crippen LogP contribution in [0.5, 0.6) is 0 Å². The van der Waals surface area contributed by atoms with Crippen molar-refractivity contribution in [1.82, 2.24) is 10.3 Å². The minimum atomic E-state index is 0.606. The van der Waals surface area contributed by atoms with Crippen molar-refractivity contribution >= 4 is 0 Å². The Morgan fingerprint density at radius 1 is 1.33 bits per heavy atom. The molecule has 1 aromatic heterocycles. The first-order valence-corrected chi connectivity index (χ1v) is 6.99. The predicted octanol–water partition coefficient (Wildman–Crippen LogP) is 3.74. The quantitative estimate of drug-likeness (QED) is 0.671. The van der Waals surface area contributed by atoms with Gasteiger partial charge in [-0.15, -0.1) is 6.58 Å². The molecule has 18 heavy (non-hydrogen) atoms. The van der Waals surface area contributed by atoms with Crippen LogP contribution in [-0.2, 0) is 6.42 Å². The molecule has 2 heteroatoms. The molecule has 1 N–H and O–H groups in total. The number of nitrogens with zero attached hydrogens (tertiary/aromatic N) is 1. The van der Waals surface area contributed by atoms with E-state index in [0.29, 0.717) is 6.04 Å². The number of aryl methyl sites for hydroxylation is 1. The maximum atomic E-state index is 4.05. The molecule has 100 valence electrons. The lowest BCUT2D eigenvalue weighted by atomic mass is 10.0. The Kier molecular flexibility index (Phi) is 7.35. The van der Waals surface area contributed by atoms with Crippen LogP contribution in [0.1, 0.15) is 45.1 Å². The van der Waals surface area contributed by atoms with Gasteiger partial charge in [-0.2, -0.15) is 0 Å². The van der Waals surface area contributed by atoms with Gasteiger partial charge in [-0.05, 0) is 63.3 Å². The zero-order valence-electron chi connectivity index (χ0n) is 11.8. The predicted molar refractivity (Wildman–Crippen MR) is 78.7 cm³/mol. The second-order valence-electron chi connectivity index (χ2n) is 5.04. The summed E-state index contributed by atoms with van der Waals surface area (Å²) in [7, 11) is 0. The van der Waals surface area contributed by atoms with Crippen molar-refractivity contribution in [2.75, 3.05) is 6.54 Å². The number of nitrogens with one attached hydrogen (secondary N) is 1. The van der Waals surface area contributed by atoms with Gasteiger partial charge in [0.15, 0.2) is 0 Å². The van der Waals surface area contributed by atoms with E-state index >= 15 is 0 Å². The van der Waals surface area contributed by atoms with Gasteiger partial charge >= 0.3 is 0 Å². The van der Waals surface area contributed by atoms with Crippen molar-refractivity contribution in [3.05, 3.63) is 42.2 Å². The van der Waals surface area contributed by atoms with Crippen LogP contribution in [0.4, 0.5) is 0 Å². The first kappa shape index (κ1) is 14.9. The second kappa shape index (κ2) is 8.87. The number of aromatic nitrogens is 1. The van der Waals surface area contributed by atoms with Gasteiger partial charge in [0.1, 0.15) is 0 Å². The van der Waals surface area contributed by atoms with Crippen LogP contribution >= 0.6 is 0 Å². The SMILES string of the molecule is C=C(C)CCC(CCc1ccncc1)NCCC. The van der Waals surface area contributed by atoms with Crippen LogP contribution in [0.3, 0.4) is 0 Å². The van der Waals surface area contributed by atoms with E-state index in [-0.39, 0.29) is 0 Å². The van der Waals surface area contributed by atoms with E-state index < -0.39 is 0 Å². The van der Waals surface area contributed by atoms with Crippen LogP contribution in [0.25, 0.3) is 0 Å². The molecule has 0 spiro atoms. The Balaban J connectivity index is 2.37. The fourth-order valence-electron chi connectivity index (χ4n) is 2.01. The molecular weight excluding hydrogens is 220 g/mol. The van der Waals surface area contributed by atoms with E-state index in [2.05, 4.69) is 42.9 Å². The maximum absolute atomic E-state index is 4.05. The third-order valence-corrected chi connectivity index (χ3v) is 3.13. The molecule has 0 aliphatic rings. The van der Waals surface area contributed by atoms with Crippen LogP contribution in [0, 0.1) is 0 Å². The Morgan fingerprint density at radius 2 is 2.06 bits per heavy atom. The van der Waals surface area contributed by atoms with Gasteiger partial charge in [-0.1, -0.05) is 12.5 Å². The molecule has 2 nitrogen and oxygen atoms in total.